The summed E-state index contributed by atoms with van der Waals surface area (Å²) in [4.78, 5) is 5.13. The van der Waals surface area contributed by atoms with Crippen LogP contribution in [0.5, 0.6) is 0 Å². The molecule has 2 fully saturated rings. The van der Waals surface area contributed by atoms with Crippen LogP contribution in [0.3, 0.4) is 0 Å². The molecule has 0 aromatic heterocycles. The van der Waals surface area contributed by atoms with Gasteiger partial charge in [0.15, 0.2) is 0 Å². The normalized spacial score (nSPS) is 21.9. The number of anilines is 1. The summed E-state index contributed by atoms with van der Waals surface area (Å²) in [6.07, 6.45) is 5.35. The van der Waals surface area contributed by atoms with Crippen molar-refractivity contribution in [2.24, 2.45) is 0 Å². The third-order valence-corrected chi connectivity index (χ3v) is 5.10. The van der Waals surface area contributed by atoms with Gasteiger partial charge in [0.1, 0.15) is 0 Å². The molecule has 20 heavy (non-hydrogen) atoms. The van der Waals surface area contributed by atoms with Gasteiger partial charge in [0.05, 0.1) is 0 Å². The van der Waals surface area contributed by atoms with Crippen molar-refractivity contribution in [1.29, 1.82) is 0 Å². The predicted octanol–water partition coefficient (Wildman–Crippen LogP) is 3.87. The lowest BCUT2D eigenvalue weighted by Gasteiger charge is -2.35. The first-order valence-electron chi connectivity index (χ1n) is 8.33. The molecule has 3 rings (SSSR count). The van der Waals surface area contributed by atoms with Crippen molar-refractivity contribution in [2.75, 3.05) is 31.1 Å². The molecule has 0 bridgehead atoms. The molecule has 0 N–H and O–H groups in total. The van der Waals surface area contributed by atoms with Gasteiger partial charge in [-0.1, -0.05) is 12.1 Å². The third-order valence-electron chi connectivity index (χ3n) is 5.10. The summed E-state index contributed by atoms with van der Waals surface area (Å²) in [5.74, 6) is 0.776. The fourth-order valence-electron chi connectivity index (χ4n) is 3.68. The Morgan fingerprint density at radius 1 is 0.900 bits per heavy atom. The molecular formula is C18H28N2. The van der Waals surface area contributed by atoms with Crippen LogP contribution >= 0.6 is 0 Å². The molecule has 0 unspecified atom stereocenters. The van der Waals surface area contributed by atoms with E-state index in [0.29, 0.717) is 6.04 Å². The van der Waals surface area contributed by atoms with Gasteiger partial charge in [0, 0.05) is 24.8 Å². The highest BCUT2D eigenvalue weighted by Gasteiger charge is 2.22. The second-order valence-corrected chi connectivity index (χ2v) is 6.69. The van der Waals surface area contributed by atoms with Gasteiger partial charge in [-0.3, -0.25) is 0 Å². The quantitative estimate of drug-likeness (QED) is 0.824. The van der Waals surface area contributed by atoms with Crippen molar-refractivity contribution in [1.82, 2.24) is 4.90 Å². The topological polar surface area (TPSA) is 6.48 Å². The largest absolute Gasteiger partial charge is 0.372 e. The minimum absolute atomic E-state index is 0.702. The summed E-state index contributed by atoms with van der Waals surface area (Å²) in [7, 11) is 0. The number of benzene rings is 1. The van der Waals surface area contributed by atoms with Gasteiger partial charge in [-0.05, 0) is 76.2 Å². The van der Waals surface area contributed by atoms with Crippen LogP contribution in [0.1, 0.15) is 51.0 Å². The molecule has 0 spiro atoms. The zero-order chi connectivity index (χ0) is 13.9. The number of likely N-dealkylation sites (tertiary alicyclic amines) is 1. The summed E-state index contributed by atoms with van der Waals surface area (Å²) in [5.41, 5.74) is 2.97. The van der Waals surface area contributed by atoms with Crippen molar-refractivity contribution < 1.29 is 0 Å². The lowest BCUT2D eigenvalue weighted by molar-refractivity contribution is 0.172. The average Bonchev–Trinajstić information content (AvgIpc) is 3.02. The fraction of sp³-hybridized carbons (Fsp3) is 0.667. The van der Waals surface area contributed by atoms with E-state index in [9.17, 15) is 0 Å². The Bertz CT molecular complexity index is 410. The minimum atomic E-state index is 0.702. The molecule has 0 aliphatic carbocycles. The van der Waals surface area contributed by atoms with Gasteiger partial charge in [-0.25, -0.2) is 0 Å². The van der Waals surface area contributed by atoms with Crippen LogP contribution in [0.2, 0.25) is 0 Å². The van der Waals surface area contributed by atoms with Gasteiger partial charge in [-0.15, -0.1) is 0 Å². The van der Waals surface area contributed by atoms with Gasteiger partial charge in [-0.2, -0.15) is 0 Å². The number of piperidine rings is 1. The number of hydrogen-bond acceptors (Lipinski definition) is 2. The van der Waals surface area contributed by atoms with E-state index in [1.807, 2.05) is 0 Å². The highest BCUT2D eigenvalue weighted by molar-refractivity contribution is 5.48. The monoisotopic (exact) mass is 272 g/mol. The molecule has 0 atom stereocenters. The Hall–Kier alpha value is -1.02. The Labute approximate surface area is 123 Å². The van der Waals surface area contributed by atoms with Crippen molar-refractivity contribution in [3.05, 3.63) is 29.8 Å². The molecule has 2 saturated heterocycles. The number of hydrogen-bond donors (Lipinski definition) is 0. The lowest BCUT2D eigenvalue weighted by atomic mass is 9.89. The molecule has 0 amide bonds. The summed E-state index contributed by atoms with van der Waals surface area (Å²) in [6, 6.07) is 10.1. The summed E-state index contributed by atoms with van der Waals surface area (Å²) < 4.78 is 0. The van der Waals surface area contributed by atoms with Crippen LogP contribution in [-0.2, 0) is 0 Å². The SMILES string of the molecule is CC(C)N1CCC(c2ccc(N3CCCC3)cc2)CC1. The summed E-state index contributed by atoms with van der Waals surface area (Å²) in [6.45, 7) is 9.63. The number of nitrogens with zero attached hydrogens (tertiary/aromatic N) is 2. The standard InChI is InChI=1S/C18H28N2/c1-15(2)19-13-9-17(10-14-19)16-5-7-18(8-6-16)20-11-3-4-12-20/h5-8,15,17H,3-4,9-14H2,1-2H3. The molecular weight excluding hydrogens is 244 g/mol. The molecule has 1 aromatic rings. The predicted molar refractivity (Wildman–Crippen MR) is 86.6 cm³/mol. The Morgan fingerprint density at radius 3 is 2.05 bits per heavy atom. The van der Waals surface area contributed by atoms with Crippen molar-refractivity contribution in [2.45, 2.75) is 51.5 Å². The van der Waals surface area contributed by atoms with Crippen LogP contribution in [0.15, 0.2) is 24.3 Å². The van der Waals surface area contributed by atoms with Crippen LogP contribution in [0.4, 0.5) is 5.69 Å². The molecule has 2 aliphatic heterocycles. The lowest BCUT2D eigenvalue weighted by Crippen LogP contribution is -2.37. The van der Waals surface area contributed by atoms with E-state index in [2.05, 4.69) is 47.9 Å². The third kappa shape index (κ3) is 3.01. The highest BCUT2D eigenvalue weighted by atomic mass is 15.2. The highest BCUT2D eigenvalue weighted by Crippen LogP contribution is 2.30. The molecule has 110 valence electrons. The smallest absolute Gasteiger partial charge is 0.0366 e. The minimum Gasteiger partial charge on any atom is -0.372 e. The van der Waals surface area contributed by atoms with E-state index in [4.69, 9.17) is 0 Å². The molecule has 2 heteroatoms. The van der Waals surface area contributed by atoms with Crippen LogP contribution < -0.4 is 4.90 Å². The first kappa shape index (κ1) is 13.9. The maximum Gasteiger partial charge on any atom is 0.0366 e. The van der Waals surface area contributed by atoms with E-state index < -0.39 is 0 Å². The summed E-state index contributed by atoms with van der Waals surface area (Å²) >= 11 is 0. The number of rotatable bonds is 3. The second kappa shape index (κ2) is 6.17. The van der Waals surface area contributed by atoms with Gasteiger partial charge < -0.3 is 9.80 Å². The maximum absolute atomic E-state index is 2.61. The van der Waals surface area contributed by atoms with Crippen molar-refractivity contribution >= 4 is 5.69 Å². The van der Waals surface area contributed by atoms with Gasteiger partial charge in [0.2, 0.25) is 0 Å². The zero-order valence-corrected chi connectivity index (χ0v) is 13.0. The molecule has 2 aliphatic rings. The Balaban J connectivity index is 1.60. The first-order valence-corrected chi connectivity index (χ1v) is 8.33. The van der Waals surface area contributed by atoms with Gasteiger partial charge >= 0.3 is 0 Å². The second-order valence-electron chi connectivity index (χ2n) is 6.69. The zero-order valence-electron chi connectivity index (χ0n) is 13.0. The van der Waals surface area contributed by atoms with Crippen LogP contribution in [0, 0.1) is 0 Å². The first-order chi connectivity index (χ1) is 9.74. The maximum atomic E-state index is 2.61. The fourth-order valence-corrected chi connectivity index (χ4v) is 3.68. The average molecular weight is 272 g/mol. The van der Waals surface area contributed by atoms with Crippen LogP contribution in [-0.4, -0.2) is 37.1 Å². The van der Waals surface area contributed by atoms with Crippen molar-refractivity contribution in [3.8, 4) is 0 Å². The van der Waals surface area contributed by atoms with E-state index in [1.54, 1.807) is 5.56 Å². The molecule has 2 nitrogen and oxygen atoms in total. The van der Waals surface area contributed by atoms with Gasteiger partial charge in [0.25, 0.3) is 0 Å². The molecule has 0 radical (unpaired) electrons. The molecule has 1 aromatic carbocycles. The van der Waals surface area contributed by atoms with Crippen LogP contribution in [0.25, 0.3) is 0 Å². The van der Waals surface area contributed by atoms with Crippen molar-refractivity contribution in [3.63, 3.8) is 0 Å². The molecule has 2 heterocycles. The Morgan fingerprint density at radius 2 is 1.50 bits per heavy atom. The van der Waals surface area contributed by atoms with E-state index in [0.717, 1.165) is 5.92 Å². The Kier molecular flexibility index (Phi) is 4.30. The molecule has 0 saturated carbocycles. The van der Waals surface area contributed by atoms with E-state index in [-0.39, 0.29) is 0 Å². The van der Waals surface area contributed by atoms with E-state index >= 15 is 0 Å². The summed E-state index contributed by atoms with van der Waals surface area (Å²) in [5, 5.41) is 0. The van der Waals surface area contributed by atoms with E-state index in [1.165, 1.54) is 57.5 Å².